The van der Waals surface area contributed by atoms with E-state index in [-0.39, 0.29) is 0 Å². The second-order valence-corrected chi connectivity index (χ2v) is 3.20. The molecular weight excluding hydrogens is 172 g/mol. The molecule has 0 unspecified atom stereocenters. The summed E-state index contributed by atoms with van der Waals surface area (Å²) in [4.78, 5) is 3.82. The van der Waals surface area contributed by atoms with Crippen LogP contribution in [0.2, 0.25) is 0 Å². The van der Waals surface area contributed by atoms with Gasteiger partial charge >= 0.3 is 0 Å². The minimum Gasteiger partial charge on any atom is -0.366 e. The number of aliphatic imine (C=N–C) groups is 1. The maximum atomic E-state index is 3.82. The zero-order chi connectivity index (χ0) is 10.5. The van der Waals surface area contributed by atoms with Crippen LogP contribution in [0.4, 0.5) is 0 Å². The molecule has 2 nitrogen and oxygen atoms in total. The molecule has 1 aliphatic heterocycles. The molecule has 0 amide bonds. The SMILES string of the molecule is C1=CNC=CN=C1.CCCCCCC. The number of nitrogens with one attached hydrogen (secondary N) is 1. The Morgan fingerprint density at radius 3 is 2.36 bits per heavy atom. The average Bonchev–Trinajstić information content (AvgIpc) is 2.51. The Hall–Kier alpha value is -1.05. The summed E-state index contributed by atoms with van der Waals surface area (Å²) < 4.78 is 0. The van der Waals surface area contributed by atoms with Crippen LogP contribution in [0.5, 0.6) is 0 Å². The van der Waals surface area contributed by atoms with Crippen LogP contribution in [0.1, 0.15) is 46.0 Å². The highest BCUT2D eigenvalue weighted by Crippen LogP contribution is 2.00. The summed E-state index contributed by atoms with van der Waals surface area (Å²) in [5, 5.41) is 2.86. The highest BCUT2D eigenvalue weighted by Gasteiger charge is 1.80. The summed E-state index contributed by atoms with van der Waals surface area (Å²) in [5.41, 5.74) is 0. The lowest BCUT2D eigenvalue weighted by molar-refractivity contribution is 0.656. The predicted octanol–water partition coefficient (Wildman–Crippen LogP) is 3.62. The molecule has 0 spiro atoms. The molecule has 0 fully saturated rings. The van der Waals surface area contributed by atoms with Crippen LogP contribution in [0.3, 0.4) is 0 Å². The first-order chi connectivity index (χ1) is 6.91. The van der Waals surface area contributed by atoms with Crippen LogP contribution in [0, 0.1) is 0 Å². The maximum Gasteiger partial charge on any atom is 0.0427 e. The first-order valence-corrected chi connectivity index (χ1v) is 5.51. The van der Waals surface area contributed by atoms with Crippen LogP contribution in [0.25, 0.3) is 0 Å². The molecule has 1 heterocycles. The molecule has 0 saturated carbocycles. The molecule has 0 radical (unpaired) electrons. The van der Waals surface area contributed by atoms with Crippen molar-refractivity contribution >= 4 is 6.21 Å². The highest BCUT2D eigenvalue weighted by atomic mass is 14.8. The van der Waals surface area contributed by atoms with Gasteiger partial charge in [-0.15, -0.1) is 0 Å². The number of nitrogens with zero attached hydrogens (tertiary/aromatic N) is 1. The van der Waals surface area contributed by atoms with E-state index >= 15 is 0 Å². The second kappa shape index (κ2) is 11.9. The lowest BCUT2D eigenvalue weighted by Gasteiger charge is -1.90. The Bertz CT molecular complexity index is 163. The molecule has 1 N–H and O–H groups in total. The largest absolute Gasteiger partial charge is 0.366 e. The van der Waals surface area contributed by atoms with Gasteiger partial charge < -0.3 is 5.32 Å². The monoisotopic (exact) mass is 194 g/mol. The van der Waals surface area contributed by atoms with Gasteiger partial charge in [-0.3, -0.25) is 4.99 Å². The Labute approximate surface area is 87.8 Å². The second-order valence-electron chi connectivity index (χ2n) is 3.20. The van der Waals surface area contributed by atoms with E-state index in [1.54, 1.807) is 18.6 Å². The van der Waals surface area contributed by atoms with Gasteiger partial charge in [0.2, 0.25) is 0 Å². The Morgan fingerprint density at radius 2 is 1.71 bits per heavy atom. The number of hydrogen-bond acceptors (Lipinski definition) is 2. The van der Waals surface area contributed by atoms with E-state index in [2.05, 4.69) is 24.2 Å². The Kier molecular flexibility index (Phi) is 11.1. The van der Waals surface area contributed by atoms with Crippen molar-refractivity contribution in [3.8, 4) is 0 Å². The van der Waals surface area contributed by atoms with Crippen LogP contribution in [-0.4, -0.2) is 6.21 Å². The fourth-order valence-corrected chi connectivity index (χ4v) is 1.02. The maximum absolute atomic E-state index is 3.82. The predicted molar refractivity (Wildman–Crippen MR) is 64.3 cm³/mol. The van der Waals surface area contributed by atoms with Gasteiger partial charge in [0.15, 0.2) is 0 Å². The minimum absolute atomic E-state index is 1.36. The quantitative estimate of drug-likeness (QED) is 0.679. The molecule has 2 heteroatoms. The van der Waals surface area contributed by atoms with Gasteiger partial charge in [-0.05, 0) is 6.08 Å². The van der Waals surface area contributed by atoms with Gasteiger partial charge in [-0.2, -0.15) is 0 Å². The molecule has 0 aromatic rings. The molecule has 0 aromatic heterocycles. The minimum atomic E-state index is 1.36. The molecular formula is C12H22N2. The summed E-state index contributed by atoms with van der Waals surface area (Å²) in [5.74, 6) is 0. The van der Waals surface area contributed by atoms with E-state index in [4.69, 9.17) is 0 Å². The van der Waals surface area contributed by atoms with Crippen molar-refractivity contribution in [1.82, 2.24) is 5.32 Å². The summed E-state index contributed by atoms with van der Waals surface area (Å²) in [6, 6.07) is 0. The third-order valence-corrected chi connectivity index (χ3v) is 1.83. The molecule has 14 heavy (non-hydrogen) atoms. The summed E-state index contributed by atoms with van der Waals surface area (Å²) in [7, 11) is 0. The number of allylic oxidation sites excluding steroid dienone is 1. The summed E-state index contributed by atoms with van der Waals surface area (Å²) in [6.45, 7) is 4.49. The van der Waals surface area contributed by atoms with Crippen molar-refractivity contribution in [2.45, 2.75) is 46.0 Å². The summed E-state index contributed by atoms with van der Waals surface area (Å²) in [6.07, 6.45) is 15.8. The van der Waals surface area contributed by atoms with Crippen molar-refractivity contribution in [2.75, 3.05) is 0 Å². The lowest BCUT2D eigenvalue weighted by Crippen LogP contribution is -1.87. The summed E-state index contributed by atoms with van der Waals surface area (Å²) >= 11 is 0. The van der Waals surface area contributed by atoms with Crippen molar-refractivity contribution in [3.63, 3.8) is 0 Å². The van der Waals surface area contributed by atoms with Gasteiger partial charge in [-0.1, -0.05) is 46.0 Å². The zero-order valence-electron chi connectivity index (χ0n) is 9.37. The van der Waals surface area contributed by atoms with Gasteiger partial charge in [0.05, 0.1) is 0 Å². The normalized spacial score (nSPS) is 12.7. The first kappa shape index (κ1) is 12.9. The molecule has 1 aliphatic rings. The van der Waals surface area contributed by atoms with Gasteiger partial charge in [0.25, 0.3) is 0 Å². The van der Waals surface area contributed by atoms with Crippen LogP contribution >= 0.6 is 0 Å². The molecule has 0 bridgehead atoms. The Balaban J connectivity index is 0.000000241. The van der Waals surface area contributed by atoms with Crippen molar-refractivity contribution < 1.29 is 0 Å². The molecule has 1 rings (SSSR count). The van der Waals surface area contributed by atoms with Gasteiger partial charge in [0, 0.05) is 24.8 Å². The van der Waals surface area contributed by atoms with Crippen LogP contribution < -0.4 is 5.32 Å². The molecule has 80 valence electrons. The average molecular weight is 194 g/mol. The van der Waals surface area contributed by atoms with E-state index in [0.717, 1.165) is 0 Å². The molecule has 0 saturated heterocycles. The molecule has 0 aromatic carbocycles. The highest BCUT2D eigenvalue weighted by molar-refractivity contribution is 5.71. The fraction of sp³-hybridized carbons (Fsp3) is 0.583. The number of hydrogen-bond donors (Lipinski definition) is 1. The topological polar surface area (TPSA) is 24.4 Å². The standard InChI is InChI=1S/C7H16.C5H6N2/c1-3-5-7-6-4-2;1-2-6-4-5-7-3-1/h3-7H2,1-2H3;1-6H. The number of unbranched alkanes of at least 4 members (excludes halogenated alkanes) is 4. The van der Waals surface area contributed by atoms with E-state index in [0.29, 0.717) is 0 Å². The smallest absolute Gasteiger partial charge is 0.0427 e. The third kappa shape index (κ3) is 11.0. The van der Waals surface area contributed by atoms with Gasteiger partial charge in [0.1, 0.15) is 0 Å². The van der Waals surface area contributed by atoms with Gasteiger partial charge in [-0.25, -0.2) is 0 Å². The van der Waals surface area contributed by atoms with E-state index < -0.39 is 0 Å². The first-order valence-electron chi connectivity index (χ1n) is 5.51. The van der Waals surface area contributed by atoms with Crippen molar-refractivity contribution in [1.29, 1.82) is 0 Å². The van der Waals surface area contributed by atoms with Crippen LogP contribution in [-0.2, 0) is 0 Å². The van der Waals surface area contributed by atoms with E-state index in [9.17, 15) is 0 Å². The number of rotatable bonds is 4. The Morgan fingerprint density at radius 1 is 1.00 bits per heavy atom. The van der Waals surface area contributed by atoms with Crippen molar-refractivity contribution in [3.05, 3.63) is 24.7 Å². The van der Waals surface area contributed by atoms with Crippen molar-refractivity contribution in [2.24, 2.45) is 4.99 Å². The van der Waals surface area contributed by atoms with E-state index in [1.165, 1.54) is 32.1 Å². The third-order valence-electron chi connectivity index (χ3n) is 1.83. The molecule has 0 atom stereocenters. The van der Waals surface area contributed by atoms with Crippen LogP contribution in [0.15, 0.2) is 29.7 Å². The fourth-order valence-electron chi connectivity index (χ4n) is 1.02. The zero-order valence-corrected chi connectivity index (χ0v) is 9.37. The van der Waals surface area contributed by atoms with E-state index in [1.807, 2.05) is 12.3 Å². The lowest BCUT2D eigenvalue weighted by atomic mass is 10.2. The molecule has 0 aliphatic carbocycles.